The van der Waals surface area contributed by atoms with Crippen molar-refractivity contribution < 1.29 is 28.4 Å². The van der Waals surface area contributed by atoms with E-state index in [0.29, 0.717) is 31.2 Å². The van der Waals surface area contributed by atoms with Crippen LogP contribution in [0.15, 0.2) is 66.7 Å². The van der Waals surface area contributed by atoms with Gasteiger partial charge in [0.1, 0.15) is 11.9 Å². The lowest BCUT2D eigenvalue weighted by Gasteiger charge is -2.36. The predicted molar refractivity (Wildman–Crippen MR) is 158 cm³/mol. The van der Waals surface area contributed by atoms with Gasteiger partial charge in [0, 0.05) is 43.7 Å². The molecule has 3 heterocycles. The number of benzene rings is 3. The number of hydrogen-bond donors (Lipinski definition) is 1. The summed E-state index contributed by atoms with van der Waals surface area (Å²) < 4.78 is 15.2. The van der Waals surface area contributed by atoms with Crippen molar-refractivity contribution in [2.24, 2.45) is 0 Å². The molecule has 5 amide bonds. The standard InChI is InChI=1S/C32H26ClFN4O5/c33-22-7-5-20(6-8-22)21-3-1-2-19(16-21)4-11-29(40)37-14-12-36(13-15-37)27-18-24-23(17-25(27)34)31(42)38(32(24)43)26-9-10-28(39)35-30(26)41/h1-8,11,16-18,26H,9-10,12-15H2,(H,35,39,41). The Bertz CT molecular complexity index is 1700. The molecule has 0 radical (unpaired) electrons. The third kappa shape index (κ3) is 5.53. The Morgan fingerprint density at radius 2 is 1.58 bits per heavy atom. The maximum atomic E-state index is 15.2. The number of imide groups is 2. The van der Waals surface area contributed by atoms with E-state index in [1.165, 1.54) is 12.1 Å². The zero-order valence-electron chi connectivity index (χ0n) is 22.9. The summed E-state index contributed by atoms with van der Waals surface area (Å²) in [7, 11) is 0. The van der Waals surface area contributed by atoms with Crippen LogP contribution in [-0.2, 0) is 14.4 Å². The highest BCUT2D eigenvalue weighted by molar-refractivity contribution is 6.30. The molecular weight excluding hydrogens is 575 g/mol. The Labute approximate surface area is 251 Å². The van der Waals surface area contributed by atoms with Gasteiger partial charge in [-0.05, 0) is 59.5 Å². The van der Waals surface area contributed by atoms with Gasteiger partial charge in [-0.25, -0.2) is 4.39 Å². The molecule has 0 aliphatic carbocycles. The number of piperazine rings is 1. The van der Waals surface area contributed by atoms with Gasteiger partial charge in [-0.15, -0.1) is 0 Å². The van der Waals surface area contributed by atoms with Gasteiger partial charge >= 0.3 is 0 Å². The second-order valence-corrected chi connectivity index (χ2v) is 11.0. The van der Waals surface area contributed by atoms with Crippen molar-refractivity contribution in [1.82, 2.24) is 15.1 Å². The minimum Gasteiger partial charge on any atom is -0.366 e. The molecule has 6 rings (SSSR count). The van der Waals surface area contributed by atoms with Crippen LogP contribution >= 0.6 is 11.6 Å². The molecule has 3 aromatic carbocycles. The number of halogens is 2. The van der Waals surface area contributed by atoms with Crippen LogP contribution in [0.3, 0.4) is 0 Å². The first-order valence-corrected chi connectivity index (χ1v) is 14.2. The molecule has 1 unspecified atom stereocenters. The number of rotatable bonds is 5. The lowest BCUT2D eigenvalue weighted by atomic mass is 10.0. The van der Waals surface area contributed by atoms with E-state index in [9.17, 15) is 24.0 Å². The predicted octanol–water partition coefficient (Wildman–Crippen LogP) is 3.91. The molecule has 218 valence electrons. The molecule has 0 bridgehead atoms. The summed E-state index contributed by atoms with van der Waals surface area (Å²) in [6, 6.07) is 16.5. The Hall–Kier alpha value is -4.83. The SMILES string of the molecule is O=C1CCC(N2C(=O)c3cc(F)c(N4CCN(C(=O)C=Cc5cccc(-c6ccc(Cl)cc6)c5)CC4)cc3C2=O)C(=O)N1. The Balaban J connectivity index is 1.11. The lowest BCUT2D eigenvalue weighted by molar-refractivity contribution is -0.136. The van der Waals surface area contributed by atoms with Gasteiger partial charge in [-0.3, -0.25) is 34.2 Å². The molecule has 43 heavy (non-hydrogen) atoms. The fourth-order valence-corrected chi connectivity index (χ4v) is 5.75. The zero-order valence-corrected chi connectivity index (χ0v) is 23.6. The van der Waals surface area contributed by atoms with E-state index in [1.807, 2.05) is 48.5 Å². The van der Waals surface area contributed by atoms with Gasteiger partial charge < -0.3 is 9.80 Å². The highest BCUT2D eigenvalue weighted by Crippen LogP contribution is 2.33. The maximum Gasteiger partial charge on any atom is 0.262 e. The van der Waals surface area contributed by atoms with Crippen molar-refractivity contribution in [3.05, 3.63) is 94.3 Å². The van der Waals surface area contributed by atoms with Crippen molar-refractivity contribution in [3.63, 3.8) is 0 Å². The summed E-state index contributed by atoms with van der Waals surface area (Å²) in [6.45, 7) is 1.31. The van der Waals surface area contributed by atoms with Gasteiger partial charge in [0.15, 0.2) is 0 Å². The first-order chi connectivity index (χ1) is 20.7. The highest BCUT2D eigenvalue weighted by atomic mass is 35.5. The molecule has 2 saturated heterocycles. The zero-order chi connectivity index (χ0) is 30.2. The fraction of sp³-hybridized carbons (Fsp3) is 0.219. The van der Waals surface area contributed by atoms with Crippen LogP contribution in [0.4, 0.5) is 10.1 Å². The van der Waals surface area contributed by atoms with Crippen molar-refractivity contribution >= 4 is 52.9 Å². The molecule has 1 atom stereocenters. The normalized spacial score (nSPS) is 18.8. The second-order valence-electron chi connectivity index (χ2n) is 10.6. The minimum absolute atomic E-state index is 0.00258. The van der Waals surface area contributed by atoms with Gasteiger partial charge in [0.2, 0.25) is 17.7 Å². The van der Waals surface area contributed by atoms with Crippen LogP contribution in [-0.4, -0.2) is 71.6 Å². The number of carbonyl (C=O) groups is 5. The monoisotopic (exact) mass is 600 g/mol. The van der Waals surface area contributed by atoms with E-state index in [-0.39, 0.29) is 35.6 Å². The van der Waals surface area contributed by atoms with E-state index >= 15 is 4.39 Å². The van der Waals surface area contributed by atoms with Crippen LogP contribution < -0.4 is 10.2 Å². The molecule has 9 nitrogen and oxygen atoms in total. The van der Waals surface area contributed by atoms with E-state index < -0.39 is 35.5 Å². The largest absolute Gasteiger partial charge is 0.366 e. The van der Waals surface area contributed by atoms with Crippen molar-refractivity contribution in [2.45, 2.75) is 18.9 Å². The molecule has 11 heteroatoms. The summed E-state index contributed by atoms with van der Waals surface area (Å²) >= 11 is 5.99. The maximum absolute atomic E-state index is 15.2. The number of carbonyl (C=O) groups excluding carboxylic acids is 5. The molecular formula is C32H26ClFN4O5. The Kier molecular flexibility index (Phi) is 7.53. The first kappa shape index (κ1) is 28.3. The quantitative estimate of drug-likeness (QED) is 0.352. The smallest absolute Gasteiger partial charge is 0.262 e. The van der Waals surface area contributed by atoms with E-state index in [1.54, 1.807) is 15.9 Å². The van der Waals surface area contributed by atoms with E-state index in [2.05, 4.69) is 5.32 Å². The van der Waals surface area contributed by atoms with Gasteiger partial charge in [-0.2, -0.15) is 0 Å². The summed E-state index contributed by atoms with van der Waals surface area (Å²) in [5.41, 5.74) is 2.91. The van der Waals surface area contributed by atoms with Crippen molar-refractivity contribution in [2.75, 3.05) is 31.1 Å². The number of anilines is 1. The molecule has 3 aromatic rings. The number of piperidine rings is 1. The van der Waals surface area contributed by atoms with Gasteiger partial charge in [0.05, 0.1) is 16.8 Å². The van der Waals surface area contributed by atoms with Crippen molar-refractivity contribution in [3.8, 4) is 11.1 Å². The number of amides is 5. The molecule has 3 aliphatic heterocycles. The summed E-state index contributed by atoms with van der Waals surface area (Å²) in [5.74, 6) is -3.51. The third-order valence-corrected chi connectivity index (χ3v) is 8.17. The van der Waals surface area contributed by atoms with Gasteiger partial charge in [0.25, 0.3) is 11.8 Å². The average molecular weight is 601 g/mol. The molecule has 3 aliphatic rings. The van der Waals surface area contributed by atoms with Crippen LogP contribution in [0.25, 0.3) is 17.2 Å². The van der Waals surface area contributed by atoms with Crippen LogP contribution in [0, 0.1) is 5.82 Å². The van der Waals surface area contributed by atoms with Crippen LogP contribution in [0.1, 0.15) is 39.1 Å². The molecule has 1 N–H and O–H groups in total. The number of nitrogens with zero attached hydrogens (tertiary/aromatic N) is 3. The van der Waals surface area contributed by atoms with Crippen molar-refractivity contribution in [1.29, 1.82) is 0 Å². The molecule has 2 fully saturated rings. The molecule has 0 saturated carbocycles. The summed E-state index contributed by atoms with van der Waals surface area (Å²) in [4.78, 5) is 67.1. The number of hydrogen-bond acceptors (Lipinski definition) is 6. The Morgan fingerprint density at radius 1 is 0.884 bits per heavy atom. The summed E-state index contributed by atoms with van der Waals surface area (Å²) in [5, 5.41) is 2.80. The van der Waals surface area contributed by atoms with Crippen LogP contribution in [0.2, 0.25) is 5.02 Å². The topological polar surface area (TPSA) is 107 Å². The van der Waals surface area contributed by atoms with Gasteiger partial charge in [-0.1, -0.05) is 41.9 Å². The Morgan fingerprint density at radius 3 is 2.28 bits per heavy atom. The lowest BCUT2D eigenvalue weighted by Crippen LogP contribution is -2.54. The van der Waals surface area contributed by atoms with E-state index in [0.717, 1.165) is 27.7 Å². The average Bonchev–Trinajstić information content (AvgIpc) is 3.24. The summed E-state index contributed by atoms with van der Waals surface area (Å²) in [6.07, 6.45) is 3.28. The second kappa shape index (κ2) is 11.4. The third-order valence-electron chi connectivity index (χ3n) is 7.92. The van der Waals surface area contributed by atoms with E-state index in [4.69, 9.17) is 11.6 Å². The minimum atomic E-state index is -1.13. The number of fused-ring (bicyclic) bond motifs is 1. The molecule has 0 spiro atoms. The highest BCUT2D eigenvalue weighted by Gasteiger charge is 2.45. The molecule has 0 aromatic heterocycles. The van der Waals surface area contributed by atoms with Crippen LogP contribution in [0.5, 0.6) is 0 Å². The first-order valence-electron chi connectivity index (χ1n) is 13.8. The number of nitrogens with one attached hydrogen (secondary N) is 1. The fourth-order valence-electron chi connectivity index (χ4n) is 5.63.